The Morgan fingerprint density at radius 1 is 1.14 bits per heavy atom. The second kappa shape index (κ2) is 6.19. The molecule has 0 aliphatic rings. The van der Waals surface area contributed by atoms with Gasteiger partial charge in [-0.05, 0) is 44.5 Å². The number of nitrogens with one attached hydrogen (secondary N) is 1. The number of hydrogen-bond donors (Lipinski definition) is 2. The van der Waals surface area contributed by atoms with Crippen molar-refractivity contribution in [2.45, 2.75) is 26.8 Å². The van der Waals surface area contributed by atoms with E-state index < -0.39 is 5.91 Å². The monoisotopic (exact) mass is 302 g/mol. The standard InChI is InChI=1S/C17H19ClN2O/c1-10-6-11(2)8-13(7-10)12(3)20-14-4-5-16(18)15(9-14)17(19)21/h4-9,12,20H,1-3H3,(H2,19,21). The molecule has 2 aromatic rings. The van der Waals surface area contributed by atoms with Gasteiger partial charge in [-0.2, -0.15) is 0 Å². The maximum atomic E-state index is 11.3. The highest BCUT2D eigenvalue weighted by Gasteiger charge is 2.10. The maximum absolute atomic E-state index is 11.3. The highest BCUT2D eigenvalue weighted by atomic mass is 35.5. The fourth-order valence-electron chi connectivity index (χ4n) is 2.40. The summed E-state index contributed by atoms with van der Waals surface area (Å²) in [4.78, 5) is 11.3. The van der Waals surface area contributed by atoms with Gasteiger partial charge in [0.05, 0.1) is 10.6 Å². The Kier molecular flexibility index (Phi) is 4.53. The van der Waals surface area contributed by atoms with E-state index in [1.165, 1.54) is 16.7 Å². The summed E-state index contributed by atoms with van der Waals surface area (Å²) < 4.78 is 0. The summed E-state index contributed by atoms with van der Waals surface area (Å²) in [6.45, 7) is 6.24. The van der Waals surface area contributed by atoms with Crippen LogP contribution in [0.5, 0.6) is 0 Å². The number of benzene rings is 2. The van der Waals surface area contributed by atoms with Crippen LogP contribution < -0.4 is 11.1 Å². The van der Waals surface area contributed by atoms with Crippen LogP contribution in [0, 0.1) is 13.8 Å². The van der Waals surface area contributed by atoms with Gasteiger partial charge in [0.15, 0.2) is 0 Å². The van der Waals surface area contributed by atoms with Gasteiger partial charge in [-0.1, -0.05) is 40.9 Å². The number of rotatable bonds is 4. The van der Waals surface area contributed by atoms with E-state index >= 15 is 0 Å². The van der Waals surface area contributed by atoms with Crippen LogP contribution in [-0.2, 0) is 0 Å². The number of amides is 1. The molecule has 3 nitrogen and oxygen atoms in total. The van der Waals surface area contributed by atoms with Crippen LogP contribution in [0.25, 0.3) is 0 Å². The van der Waals surface area contributed by atoms with Crippen LogP contribution in [0.3, 0.4) is 0 Å². The van der Waals surface area contributed by atoms with Crippen molar-refractivity contribution >= 4 is 23.2 Å². The minimum Gasteiger partial charge on any atom is -0.378 e. The second-order valence-electron chi connectivity index (χ2n) is 5.35. The van der Waals surface area contributed by atoms with Gasteiger partial charge in [0.25, 0.3) is 0 Å². The summed E-state index contributed by atoms with van der Waals surface area (Å²) in [7, 11) is 0. The third kappa shape index (κ3) is 3.76. The van der Waals surface area contributed by atoms with Gasteiger partial charge in [0.2, 0.25) is 5.91 Å². The molecule has 0 spiro atoms. The van der Waals surface area contributed by atoms with Crippen molar-refractivity contribution < 1.29 is 4.79 Å². The molecule has 0 aromatic heterocycles. The minimum absolute atomic E-state index is 0.116. The van der Waals surface area contributed by atoms with E-state index in [9.17, 15) is 4.79 Å². The van der Waals surface area contributed by atoms with Crippen molar-refractivity contribution in [3.8, 4) is 0 Å². The molecule has 0 heterocycles. The molecule has 21 heavy (non-hydrogen) atoms. The van der Waals surface area contributed by atoms with Crippen LogP contribution in [0.1, 0.15) is 40.0 Å². The van der Waals surface area contributed by atoms with Gasteiger partial charge in [0, 0.05) is 11.7 Å². The highest BCUT2D eigenvalue weighted by molar-refractivity contribution is 6.33. The third-order valence-corrected chi connectivity index (χ3v) is 3.69. The van der Waals surface area contributed by atoms with Crippen LogP contribution >= 0.6 is 11.6 Å². The lowest BCUT2D eigenvalue weighted by atomic mass is 10.0. The summed E-state index contributed by atoms with van der Waals surface area (Å²) in [5.41, 5.74) is 10.1. The minimum atomic E-state index is -0.525. The van der Waals surface area contributed by atoms with E-state index in [1.54, 1.807) is 12.1 Å². The van der Waals surface area contributed by atoms with Crippen LogP contribution in [-0.4, -0.2) is 5.91 Å². The van der Waals surface area contributed by atoms with Crippen molar-refractivity contribution in [2.24, 2.45) is 5.73 Å². The van der Waals surface area contributed by atoms with Crippen LogP contribution in [0.2, 0.25) is 5.02 Å². The van der Waals surface area contributed by atoms with E-state index in [1.807, 2.05) is 6.07 Å². The zero-order valence-electron chi connectivity index (χ0n) is 12.4. The average molecular weight is 303 g/mol. The SMILES string of the molecule is Cc1cc(C)cc(C(C)Nc2ccc(Cl)c(C(N)=O)c2)c1. The smallest absolute Gasteiger partial charge is 0.250 e. The van der Waals surface area contributed by atoms with Gasteiger partial charge in [-0.3, -0.25) is 4.79 Å². The van der Waals surface area contributed by atoms with Gasteiger partial charge < -0.3 is 11.1 Å². The van der Waals surface area contributed by atoms with E-state index in [-0.39, 0.29) is 6.04 Å². The lowest BCUT2D eigenvalue weighted by Crippen LogP contribution is -2.13. The molecule has 3 N–H and O–H groups in total. The fourth-order valence-corrected chi connectivity index (χ4v) is 2.61. The molecule has 1 unspecified atom stereocenters. The molecule has 1 atom stereocenters. The average Bonchev–Trinajstić information content (AvgIpc) is 2.39. The molecule has 0 aliphatic carbocycles. The van der Waals surface area contributed by atoms with Crippen molar-refractivity contribution in [3.63, 3.8) is 0 Å². The number of aryl methyl sites for hydroxylation is 2. The molecule has 2 aromatic carbocycles. The summed E-state index contributed by atoms with van der Waals surface area (Å²) in [5, 5.41) is 3.74. The Labute approximate surface area is 130 Å². The topological polar surface area (TPSA) is 55.1 Å². The zero-order chi connectivity index (χ0) is 15.6. The molecular formula is C17H19ClN2O. The van der Waals surface area contributed by atoms with Gasteiger partial charge >= 0.3 is 0 Å². The van der Waals surface area contributed by atoms with E-state index in [0.29, 0.717) is 10.6 Å². The molecule has 0 bridgehead atoms. The first-order chi connectivity index (χ1) is 9.86. The third-order valence-electron chi connectivity index (χ3n) is 3.36. The highest BCUT2D eigenvalue weighted by Crippen LogP contribution is 2.25. The van der Waals surface area contributed by atoms with E-state index in [4.69, 9.17) is 17.3 Å². The number of primary amides is 1. The molecule has 0 saturated carbocycles. The Balaban J connectivity index is 2.25. The van der Waals surface area contributed by atoms with E-state index in [0.717, 1.165) is 5.69 Å². The summed E-state index contributed by atoms with van der Waals surface area (Å²) in [5.74, 6) is -0.525. The quantitative estimate of drug-likeness (QED) is 0.888. The Morgan fingerprint density at radius 3 is 2.33 bits per heavy atom. The summed E-state index contributed by atoms with van der Waals surface area (Å²) in [6, 6.07) is 11.8. The Bertz CT molecular complexity index is 662. The second-order valence-corrected chi connectivity index (χ2v) is 5.75. The van der Waals surface area contributed by atoms with Gasteiger partial charge in [0.1, 0.15) is 0 Å². The predicted molar refractivity (Wildman–Crippen MR) is 87.9 cm³/mol. The van der Waals surface area contributed by atoms with Crippen molar-refractivity contribution in [2.75, 3.05) is 5.32 Å². The zero-order valence-corrected chi connectivity index (χ0v) is 13.2. The first-order valence-corrected chi connectivity index (χ1v) is 7.18. The molecule has 1 amide bonds. The number of hydrogen-bond acceptors (Lipinski definition) is 2. The van der Waals surface area contributed by atoms with Gasteiger partial charge in [-0.15, -0.1) is 0 Å². The Morgan fingerprint density at radius 2 is 1.76 bits per heavy atom. The number of nitrogens with two attached hydrogens (primary N) is 1. The number of anilines is 1. The molecule has 4 heteroatoms. The Hall–Kier alpha value is -2.00. The molecule has 2 rings (SSSR count). The molecule has 0 saturated heterocycles. The first kappa shape index (κ1) is 15.4. The normalized spacial score (nSPS) is 12.0. The predicted octanol–water partition coefficient (Wildman–Crippen LogP) is 4.23. The first-order valence-electron chi connectivity index (χ1n) is 6.81. The van der Waals surface area contributed by atoms with Crippen molar-refractivity contribution in [1.82, 2.24) is 0 Å². The lowest BCUT2D eigenvalue weighted by Gasteiger charge is -2.17. The van der Waals surface area contributed by atoms with Crippen LogP contribution in [0.4, 0.5) is 5.69 Å². The largest absolute Gasteiger partial charge is 0.378 e. The maximum Gasteiger partial charge on any atom is 0.250 e. The molecule has 0 fully saturated rings. The fraction of sp³-hybridized carbons (Fsp3) is 0.235. The molecular weight excluding hydrogens is 284 g/mol. The number of halogens is 1. The number of carbonyl (C=O) groups is 1. The molecule has 110 valence electrons. The molecule has 0 aliphatic heterocycles. The van der Waals surface area contributed by atoms with Crippen molar-refractivity contribution in [1.29, 1.82) is 0 Å². The van der Waals surface area contributed by atoms with Crippen LogP contribution in [0.15, 0.2) is 36.4 Å². The van der Waals surface area contributed by atoms with Gasteiger partial charge in [-0.25, -0.2) is 0 Å². The summed E-state index contributed by atoms with van der Waals surface area (Å²) >= 11 is 5.96. The lowest BCUT2D eigenvalue weighted by molar-refractivity contribution is 0.100. The number of carbonyl (C=O) groups excluding carboxylic acids is 1. The summed E-state index contributed by atoms with van der Waals surface area (Å²) in [6.07, 6.45) is 0. The van der Waals surface area contributed by atoms with E-state index in [2.05, 4.69) is 44.3 Å². The van der Waals surface area contributed by atoms with Crippen molar-refractivity contribution in [3.05, 3.63) is 63.7 Å². The molecule has 0 radical (unpaired) electrons.